The number of hydrogen-bond donors (Lipinski definition) is 1. The van der Waals surface area contributed by atoms with E-state index in [2.05, 4.69) is 22.1 Å². The summed E-state index contributed by atoms with van der Waals surface area (Å²) in [6.45, 7) is 6.06. The second-order valence-electron chi connectivity index (χ2n) is 5.69. The van der Waals surface area contributed by atoms with Gasteiger partial charge in [-0.15, -0.1) is 0 Å². The largest absolute Gasteiger partial charge is 0.353 e. The third kappa shape index (κ3) is 3.25. The Balaban J connectivity index is 1.87. The number of amides is 1. The number of rotatable bonds is 3. The minimum absolute atomic E-state index is 0.0671. The second kappa shape index (κ2) is 6.28. The van der Waals surface area contributed by atoms with Crippen LogP contribution < -0.4 is 15.1 Å². The van der Waals surface area contributed by atoms with E-state index in [0.717, 1.165) is 43.5 Å². The predicted octanol–water partition coefficient (Wildman–Crippen LogP) is 0.965. The van der Waals surface area contributed by atoms with Gasteiger partial charge in [0.05, 0.1) is 6.54 Å². The maximum absolute atomic E-state index is 11.6. The summed E-state index contributed by atoms with van der Waals surface area (Å²) >= 11 is 0. The lowest BCUT2D eigenvalue weighted by atomic mass is 10.1. The number of aryl methyl sites for hydroxylation is 1. The van der Waals surface area contributed by atoms with E-state index < -0.39 is 0 Å². The third-order valence-electron chi connectivity index (χ3n) is 4.12. The number of piperidine rings is 1. The van der Waals surface area contributed by atoms with Gasteiger partial charge >= 0.3 is 0 Å². The first kappa shape index (κ1) is 14.1. The third-order valence-corrected chi connectivity index (χ3v) is 4.12. The quantitative estimate of drug-likeness (QED) is 0.898. The summed E-state index contributed by atoms with van der Waals surface area (Å²) in [6, 6.07) is 2.02. The van der Waals surface area contributed by atoms with E-state index in [0.29, 0.717) is 13.1 Å². The molecule has 114 valence electrons. The monoisotopic (exact) mass is 289 g/mol. The maximum atomic E-state index is 11.6. The normalized spacial score (nSPS) is 19.6. The Morgan fingerprint density at radius 1 is 1.14 bits per heavy atom. The Morgan fingerprint density at radius 3 is 2.67 bits per heavy atom. The van der Waals surface area contributed by atoms with Crippen LogP contribution >= 0.6 is 0 Å². The van der Waals surface area contributed by atoms with E-state index in [4.69, 9.17) is 4.98 Å². The molecule has 1 N–H and O–H groups in total. The molecule has 0 saturated carbocycles. The van der Waals surface area contributed by atoms with Crippen molar-refractivity contribution in [1.82, 2.24) is 15.3 Å². The van der Waals surface area contributed by atoms with E-state index in [1.807, 2.05) is 11.0 Å². The van der Waals surface area contributed by atoms with Crippen LogP contribution in [0.5, 0.6) is 0 Å². The molecule has 0 radical (unpaired) electrons. The highest BCUT2D eigenvalue weighted by molar-refractivity contribution is 5.82. The van der Waals surface area contributed by atoms with Crippen molar-refractivity contribution in [2.24, 2.45) is 0 Å². The number of nitrogens with one attached hydrogen (secondary N) is 1. The molecule has 1 aromatic heterocycles. The van der Waals surface area contributed by atoms with Gasteiger partial charge in [0, 0.05) is 37.9 Å². The average molecular weight is 289 g/mol. The molecule has 1 amide bonds. The summed E-state index contributed by atoms with van der Waals surface area (Å²) in [5.41, 5.74) is 1.05. The lowest BCUT2D eigenvalue weighted by Crippen LogP contribution is -2.48. The van der Waals surface area contributed by atoms with Crippen LogP contribution in [-0.4, -0.2) is 48.6 Å². The summed E-state index contributed by atoms with van der Waals surface area (Å²) in [7, 11) is 0. The number of nitrogens with zero attached hydrogens (tertiary/aromatic N) is 4. The molecule has 6 nitrogen and oxygen atoms in total. The first-order valence-corrected chi connectivity index (χ1v) is 7.91. The van der Waals surface area contributed by atoms with Crippen LogP contribution in [0.3, 0.4) is 0 Å². The van der Waals surface area contributed by atoms with Gasteiger partial charge in [0.2, 0.25) is 11.9 Å². The van der Waals surface area contributed by atoms with Gasteiger partial charge in [0.1, 0.15) is 5.82 Å². The Morgan fingerprint density at radius 2 is 1.95 bits per heavy atom. The Bertz CT molecular complexity index is 513. The molecule has 0 aliphatic carbocycles. The molecular formula is C15H23N5O. The molecule has 3 rings (SSSR count). The van der Waals surface area contributed by atoms with E-state index >= 15 is 0 Å². The number of carbonyl (C=O) groups is 1. The number of piperazine rings is 1. The van der Waals surface area contributed by atoms with E-state index in [1.165, 1.54) is 19.3 Å². The van der Waals surface area contributed by atoms with Crippen molar-refractivity contribution in [3.8, 4) is 0 Å². The summed E-state index contributed by atoms with van der Waals surface area (Å²) in [5, 5.41) is 2.85. The van der Waals surface area contributed by atoms with Crippen molar-refractivity contribution >= 4 is 17.7 Å². The van der Waals surface area contributed by atoms with Gasteiger partial charge < -0.3 is 15.1 Å². The molecule has 2 saturated heterocycles. The van der Waals surface area contributed by atoms with E-state index in [1.54, 1.807) is 0 Å². The SMILES string of the molecule is CCc1cc(N2CCNC(=O)C2)nc(N2CCCCC2)n1. The molecule has 3 heterocycles. The molecule has 21 heavy (non-hydrogen) atoms. The van der Waals surface area contributed by atoms with Crippen molar-refractivity contribution in [1.29, 1.82) is 0 Å². The highest BCUT2D eigenvalue weighted by atomic mass is 16.2. The summed E-state index contributed by atoms with van der Waals surface area (Å²) in [4.78, 5) is 25.3. The molecule has 0 aromatic carbocycles. The summed E-state index contributed by atoms with van der Waals surface area (Å²) in [5.74, 6) is 1.78. The fourth-order valence-electron chi connectivity index (χ4n) is 2.88. The fourth-order valence-corrected chi connectivity index (χ4v) is 2.88. The van der Waals surface area contributed by atoms with E-state index in [-0.39, 0.29) is 5.91 Å². The highest BCUT2D eigenvalue weighted by Gasteiger charge is 2.21. The van der Waals surface area contributed by atoms with Gasteiger partial charge in [-0.05, 0) is 25.7 Å². The smallest absolute Gasteiger partial charge is 0.239 e. The van der Waals surface area contributed by atoms with Crippen molar-refractivity contribution < 1.29 is 4.79 Å². The zero-order chi connectivity index (χ0) is 14.7. The highest BCUT2D eigenvalue weighted by Crippen LogP contribution is 2.21. The molecule has 0 unspecified atom stereocenters. The van der Waals surface area contributed by atoms with Crippen LogP contribution in [0.1, 0.15) is 31.9 Å². The topological polar surface area (TPSA) is 61.4 Å². The zero-order valence-corrected chi connectivity index (χ0v) is 12.6. The van der Waals surface area contributed by atoms with Crippen molar-refractivity contribution in [2.75, 3.05) is 42.5 Å². The van der Waals surface area contributed by atoms with Gasteiger partial charge in [-0.2, -0.15) is 4.98 Å². The lowest BCUT2D eigenvalue weighted by Gasteiger charge is -2.30. The average Bonchev–Trinajstić information content (AvgIpc) is 2.55. The fraction of sp³-hybridized carbons (Fsp3) is 0.667. The minimum atomic E-state index is 0.0671. The number of aromatic nitrogens is 2. The molecule has 2 aliphatic heterocycles. The number of hydrogen-bond acceptors (Lipinski definition) is 5. The van der Waals surface area contributed by atoms with Crippen LogP contribution in [0, 0.1) is 0 Å². The van der Waals surface area contributed by atoms with E-state index in [9.17, 15) is 4.79 Å². The number of carbonyl (C=O) groups excluding carboxylic acids is 1. The minimum Gasteiger partial charge on any atom is -0.353 e. The van der Waals surface area contributed by atoms with Crippen LogP contribution in [0.15, 0.2) is 6.07 Å². The van der Waals surface area contributed by atoms with Crippen LogP contribution in [0.4, 0.5) is 11.8 Å². The summed E-state index contributed by atoms with van der Waals surface area (Å²) < 4.78 is 0. The standard InChI is InChI=1S/C15H23N5O/c1-2-12-10-13(20-9-6-16-14(21)11-20)18-15(17-12)19-7-4-3-5-8-19/h10H,2-9,11H2,1H3,(H,16,21). The van der Waals surface area contributed by atoms with Gasteiger partial charge in [-0.1, -0.05) is 6.92 Å². The Hall–Kier alpha value is -1.85. The molecule has 2 aliphatic rings. The maximum Gasteiger partial charge on any atom is 0.239 e. The number of anilines is 2. The van der Waals surface area contributed by atoms with Gasteiger partial charge in [0.25, 0.3) is 0 Å². The van der Waals surface area contributed by atoms with Gasteiger partial charge in [-0.3, -0.25) is 4.79 Å². The Labute approximate surface area is 125 Å². The molecule has 0 spiro atoms. The molecule has 1 aromatic rings. The molecule has 2 fully saturated rings. The molecule has 0 atom stereocenters. The van der Waals surface area contributed by atoms with Gasteiger partial charge in [0.15, 0.2) is 0 Å². The van der Waals surface area contributed by atoms with Gasteiger partial charge in [-0.25, -0.2) is 4.98 Å². The van der Waals surface area contributed by atoms with Crippen molar-refractivity contribution in [2.45, 2.75) is 32.6 Å². The zero-order valence-electron chi connectivity index (χ0n) is 12.6. The lowest BCUT2D eigenvalue weighted by molar-refractivity contribution is -0.120. The van der Waals surface area contributed by atoms with Crippen LogP contribution in [0.2, 0.25) is 0 Å². The predicted molar refractivity (Wildman–Crippen MR) is 82.7 cm³/mol. The first-order valence-electron chi connectivity index (χ1n) is 7.91. The van der Waals surface area contributed by atoms with Crippen molar-refractivity contribution in [3.63, 3.8) is 0 Å². The van der Waals surface area contributed by atoms with Crippen molar-refractivity contribution in [3.05, 3.63) is 11.8 Å². The first-order chi connectivity index (χ1) is 10.3. The van der Waals surface area contributed by atoms with Crippen LogP contribution in [-0.2, 0) is 11.2 Å². The Kier molecular flexibility index (Phi) is 4.22. The van der Waals surface area contributed by atoms with Crippen LogP contribution in [0.25, 0.3) is 0 Å². The molecule has 6 heteroatoms. The molecule has 0 bridgehead atoms. The molecular weight excluding hydrogens is 266 g/mol. The summed E-state index contributed by atoms with van der Waals surface area (Å²) in [6.07, 6.45) is 4.60. The second-order valence-corrected chi connectivity index (χ2v) is 5.69.